The molecular formula is C19H22N6O2. The van der Waals surface area contributed by atoms with Crippen LogP contribution in [0.2, 0.25) is 0 Å². The molecular weight excluding hydrogens is 344 g/mol. The number of hydrogen-bond donors (Lipinski definition) is 2. The van der Waals surface area contributed by atoms with Crippen molar-refractivity contribution in [1.82, 2.24) is 25.0 Å². The van der Waals surface area contributed by atoms with Gasteiger partial charge in [0.15, 0.2) is 0 Å². The van der Waals surface area contributed by atoms with E-state index in [0.717, 1.165) is 22.9 Å². The first-order valence-corrected chi connectivity index (χ1v) is 8.58. The molecule has 1 aromatic carbocycles. The van der Waals surface area contributed by atoms with E-state index in [1.807, 2.05) is 31.1 Å². The number of nitrogens with one attached hydrogen (secondary N) is 1. The van der Waals surface area contributed by atoms with Gasteiger partial charge in [0.25, 0.3) is 5.91 Å². The van der Waals surface area contributed by atoms with E-state index in [0.29, 0.717) is 11.5 Å². The van der Waals surface area contributed by atoms with Crippen LogP contribution in [-0.4, -0.2) is 37.7 Å². The van der Waals surface area contributed by atoms with Gasteiger partial charge in [0.05, 0.1) is 17.6 Å². The van der Waals surface area contributed by atoms with Crippen LogP contribution < -0.4 is 10.4 Å². The standard InChI is InChI=1S/C19H22N6O2/c1-12(2)25-13(3)21-11-17(25)16-9-10-20-19(22-16)24(4)15-7-5-14(6-8-15)18(26)23-27/h5-12,27H,1-4H3,(H,23,26). The van der Waals surface area contributed by atoms with E-state index < -0.39 is 5.91 Å². The van der Waals surface area contributed by atoms with E-state index >= 15 is 0 Å². The lowest BCUT2D eigenvalue weighted by atomic mass is 10.2. The molecule has 0 spiro atoms. The van der Waals surface area contributed by atoms with Crippen molar-refractivity contribution < 1.29 is 10.0 Å². The first-order chi connectivity index (χ1) is 12.9. The summed E-state index contributed by atoms with van der Waals surface area (Å²) in [5, 5.41) is 8.71. The van der Waals surface area contributed by atoms with Crippen LogP contribution in [0.25, 0.3) is 11.4 Å². The highest BCUT2D eigenvalue weighted by molar-refractivity contribution is 5.93. The Kier molecular flexibility index (Phi) is 5.18. The zero-order chi connectivity index (χ0) is 19.6. The molecule has 0 bridgehead atoms. The Labute approximate surface area is 157 Å². The summed E-state index contributed by atoms with van der Waals surface area (Å²) < 4.78 is 2.13. The van der Waals surface area contributed by atoms with E-state index in [9.17, 15) is 4.79 Å². The second-order valence-corrected chi connectivity index (χ2v) is 6.44. The van der Waals surface area contributed by atoms with Gasteiger partial charge in [-0.2, -0.15) is 0 Å². The molecule has 0 unspecified atom stereocenters. The van der Waals surface area contributed by atoms with Gasteiger partial charge >= 0.3 is 0 Å². The molecule has 8 heteroatoms. The van der Waals surface area contributed by atoms with Crippen molar-refractivity contribution in [3.05, 3.63) is 54.1 Å². The third-order valence-electron chi connectivity index (χ3n) is 4.32. The lowest BCUT2D eigenvalue weighted by Crippen LogP contribution is -2.19. The predicted octanol–water partition coefficient (Wildman–Crippen LogP) is 3.12. The SMILES string of the molecule is Cc1ncc(-c2ccnc(N(C)c3ccc(C(=O)NO)cc3)n2)n1C(C)C. The number of carbonyl (C=O) groups is 1. The fraction of sp³-hybridized carbons (Fsp3) is 0.263. The Morgan fingerprint density at radius 3 is 2.52 bits per heavy atom. The Morgan fingerprint density at radius 2 is 1.89 bits per heavy atom. The number of imidazole rings is 1. The molecule has 3 aromatic rings. The van der Waals surface area contributed by atoms with Gasteiger partial charge in [-0.05, 0) is 51.1 Å². The third-order valence-corrected chi connectivity index (χ3v) is 4.32. The Morgan fingerprint density at radius 1 is 1.19 bits per heavy atom. The molecule has 0 fully saturated rings. The Hall–Kier alpha value is -3.26. The quantitative estimate of drug-likeness (QED) is 0.532. The fourth-order valence-corrected chi connectivity index (χ4v) is 2.96. The predicted molar refractivity (Wildman–Crippen MR) is 102 cm³/mol. The summed E-state index contributed by atoms with van der Waals surface area (Å²) >= 11 is 0. The van der Waals surface area contributed by atoms with Crippen LogP contribution in [-0.2, 0) is 0 Å². The van der Waals surface area contributed by atoms with Crippen LogP contribution in [0.1, 0.15) is 36.1 Å². The first kappa shape index (κ1) is 18.5. The molecule has 0 aliphatic rings. The molecule has 27 heavy (non-hydrogen) atoms. The molecule has 1 amide bonds. The summed E-state index contributed by atoms with van der Waals surface area (Å²) in [4.78, 5) is 26.7. The molecule has 2 aromatic heterocycles. The van der Waals surface area contributed by atoms with E-state index in [4.69, 9.17) is 5.21 Å². The van der Waals surface area contributed by atoms with Gasteiger partial charge in [-0.3, -0.25) is 10.0 Å². The maximum Gasteiger partial charge on any atom is 0.274 e. The largest absolute Gasteiger partial charge is 0.324 e. The lowest BCUT2D eigenvalue weighted by Gasteiger charge is -2.19. The van der Waals surface area contributed by atoms with E-state index in [2.05, 4.69) is 33.4 Å². The first-order valence-electron chi connectivity index (χ1n) is 8.58. The number of hydrogen-bond acceptors (Lipinski definition) is 6. The van der Waals surface area contributed by atoms with Gasteiger partial charge in [0, 0.05) is 30.5 Å². The normalized spacial score (nSPS) is 10.9. The van der Waals surface area contributed by atoms with Crippen LogP contribution in [0.3, 0.4) is 0 Å². The molecule has 0 radical (unpaired) electrons. The summed E-state index contributed by atoms with van der Waals surface area (Å²) in [7, 11) is 1.85. The van der Waals surface area contributed by atoms with Gasteiger partial charge in [-0.1, -0.05) is 0 Å². The van der Waals surface area contributed by atoms with Gasteiger partial charge in [0.2, 0.25) is 5.95 Å². The van der Waals surface area contributed by atoms with Crippen molar-refractivity contribution in [2.75, 3.05) is 11.9 Å². The molecule has 0 aliphatic heterocycles. The number of nitrogens with zero attached hydrogens (tertiary/aromatic N) is 5. The second kappa shape index (κ2) is 7.55. The van der Waals surface area contributed by atoms with Crippen molar-refractivity contribution in [1.29, 1.82) is 0 Å². The third kappa shape index (κ3) is 3.65. The molecule has 3 rings (SSSR count). The number of anilines is 2. The van der Waals surface area contributed by atoms with Crippen molar-refractivity contribution in [3.8, 4) is 11.4 Å². The summed E-state index contributed by atoms with van der Waals surface area (Å²) in [5.74, 6) is 0.909. The number of benzene rings is 1. The van der Waals surface area contributed by atoms with Crippen LogP contribution in [0, 0.1) is 6.92 Å². The highest BCUT2D eigenvalue weighted by Crippen LogP contribution is 2.26. The second-order valence-electron chi connectivity index (χ2n) is 6.44. The monoisotopic (exact) mass is 366 g/mol. The molecule has 140 valence electrons. The maximum absolute atomic E-state index is 11.4. The average molecular weight is 366 g/mol. The van der Waals surface area contributed by atoms with Crippen molar-refractivity contribution in [2.45, 2.75) is 26.8 Å². The van der Waals surface area contributed by atoms with Crippen LogP contribution in [0.4, 0.5) is 11.6 Å². The number of aryl methyl sites for hydroxylation is 1. The molecule has 0 saturated heterocycles. The van der Waals surface area contributed by atoms with Crippen molar-refractivity contribution in [2.24, 2.45) is 0 Å². The van der Waals surface area contributed by atoms with E-state index in [1.165, 1.54) is 0 Å². The minimum absolute atomic E-state index is 0.267. The lowest BCUT2D eigenvalue weighted by molar-refractivity contribution is 0.0706. The minimum atomic E-state index is -0.556. The molecule has 2 heterocycles. The summed E-state index contributed by atoms with van der Waals surface area (Å²) in [6.07, 6.45) is 3.54. The number of amides is 1. The molecule has 0 aliphatic carbocycles. The van der Waals surface area contributed by atoms with Crippen LogP contribution >= 0.6 is 0 Å². The van der Waals surface area contributed by atoms with Gasteiger partial charge in [-0.15, -0.1) is 0 Å². The van der Waals surface area contributed by atoms with Crippen molar-refractivity contribution in [3.63, 3.8) is 0 Å². The number of aromatic nitrogens is 4. The summed E-state index contributed by atoms with van der Waals surface area (Å²) in [6, 6.07) is 8.91. The van der Waals surface area contributed by atoms with Crippen molar-refractivity contribution >= 4 is 17.5 Å². The van der Waals surface area contributed by atoms with Crippen LogP contribution in [0.5, 0.6) is 0 Å². The number of carbonyl (C=O) groups excluding carboxylic acids is 1. The fourth-order valence-electron chi connectivity index (χ4n) is 2.96. The molecule has 2 N–H and O–H groups in total. The smallest absolute Gasteiger partial charge is 0.274 e. The zero-order valence-corrected chi connectivity index (χ0v) is 15.7. The summed E-state index contributed by atoms with van der Waals surface area (Å²) in [5.41, 5.74) is 4.52. The highest BCUT2D eigenvalue weighted by atomic mass is 16.5. The maximum atomic E-state index is 11.4. The van der Waals surface area contributed by atoms with Gasteiger partial charge in [-0.25, -0.2) is 20.4 Å². The Bertz CT molecular complexity index is 949. The van der Waals surface area contributed by atoms with E-state index in [-0.39, 0.29) is 6.04 Å². The van der Waals surface area contributed by atoms with Crippen LogP contribution in [0.15, 0.2) is 42.7 Å². The van der Waals surface area contributed by atoms with E-state index in [1.54, 1.807) is 35.9 Å². The van der Waals surface area contributed by atoms with Gasteiger partial charge < -0.3 is 9.47 Å². The number of rotatable bonds is 5. The molecule has 0 atom stereocenters. The van der Waals surface area contributed by atoms with Gasteiger partial charge in [0.1, 0.15) is 5.82 Å². The zero-order valence-electron chi connectivity index (χ0n) is 15.7. The number of hydroxylamine groups is 1. The molecule has 0 saturated carbocycles. The minimum Gasteiger partial charge on any atom is -0.324 e. The average Bonchev–Trinajstić information content (AvgIpc) is 3.08. The molecule has 8 nitrogen and oxygen atoms in total. The topological polar surface area (TPSA) is 96.2 Å². The highest BCUT2D eigenvalue weighted by Gasteiger charge is 2.15. The summed E-state index contributed by atoms with van der Waals surface area (Å²) in [6.45, 7) is 6.19. The Balaban J connectivity index is 1.93.